The number of thioether (sulfide) groups is 1. The summed E-state index contributed by atoms with van der Waals surface area (Å²) in [6.07, 6.45) is 0. The van der Waals surface area contributed by atoms with Gasteiger partial charge in [-0.05, 0) is 23.8 Å². The molecule has 0 saturated carbocycles. The zero-order valence-corrected chi connectivity index (χ0v) is 12.8. The summed E-state index contributed by atoms with van der Waals surface area (Å²) in [4.78, 5) is 0. The highest BCUT2D eigenvalue weighted by atomic mass is 35.5. The first-order valence-electron chi connectivity index (χ1n) is 6.58. The van der Waals surface area contributed by atoms with Gasteiger partial charge in [-0.2, -0.15) is 0 Å². The van der Waals surface area contributed by atoms with Crippen molar-refractivity contribution in [2.24, 2.45) is 0 Å². The second-order valence-electron chi connectivity index (χ2n) is 4.50. The van der Waals surface area contributed by atoms with E-state index < -0.39 is 0 Å². The van der Waals surface area contributed by atoms with E-state index in [0.717, 1.165) is 32.6 Å². The van der Waals surface area contributed by atoms with Crippen molar-refractivity contribution in [2.75, 3.05) is 0 Å². The lowest BCUT2D eigenvalue weighted by atomic mass is 10.1. The smallest absolute Gasteiger partial charge is 0.119 e. The molecule has 104 valence electrons. The minimum Gasteiger partial charge on any atom is -0.149 e. The van der Waals surface area contributed by atoms with E-state index >= 15 is 0 Å². The van der Waals surface area contributed by atoms with Crippen LogP contribution >= 0.6 is 23.4 Å². The van der Waals surface area contributed by atoms with Crippen LogP contribution in [0, 0.1) is 0 Å². The van der Waals surface area contributed by atoms with Gasteiger partial charge in [0.05, 0.1) is 5.69 Å². The Morgan fingerprint density at radius 2 is 1.57 bits per heavy atom. The fourth-order valence-electron chi connectivity index (χ4n) is 1.93. The zero-order valence-electron chi connectivity index (χ0n) is 11.2. The van der Waals surface area contributed by atoms with Crippen LogP contribution in [0.15, 0.2) is 71.8 Å². The van der Waals surface area contributed by atoms with E-state index in [9.17, 15) is 0 Å². The lowest BCUT2D eigenvalue weighted by Gasteiger charge is -2.04. The molecule has 1 heterocycles. The second kappa shape index (κ2) is 6.74. The third-order valence-corrected chi connectivity index (χ3v) is 4.38. The lowest BCUT2D eigenvalue weighted by molar-refractivity contribution is 0.935. The highest BCUT2D eigenvalue weighted by Gasteiger charge is 2.03. The molecule has 0 aliphatic rings. The summed E-state index contributed by atoms with van der Waals surface area (Å²) in [6, 6.07) is 21.9. The summed E-state index contributed by atoms with van der Waals surface area (Å²) in [5.41, 5.74) is 3.07. The summed E-state index contributed by atoms with van der Waals surface area (Å²) in [5, 5.41) is 10.2. The van der Waals surface area contributed by atoms with Crippen molar-refractivity contribution < 1.29 is 0 Å². The Morgan fingerprint density at radius 1 is 0.810 bits per heavy atom. The van der Waals surface area contributed by atoms with Crippen molar-refractivity contribution in [3.8, 4) is 11.3 Å². The normalized spacial score (nSPS) is 10.5. The van der Waals surface area contributed by atoms with E-state index in [1.807, 2.05) is 66.7 Å². The number of benzene rings is 2. The Bertz CT molecular complexity index is 714. The van der Waals surface area contributed by atoms with Crippen molar-refractivity contribution in [3.63, 3.8) is 0 Å². The molecule has 0 radical (unpaired) electrons. The molecule has 3 rings (SSSR count). The van der Waals surface area contributed by atoms with Gasteiger partial charge >= 0.3 is 0 Å². The Labute approximate surface area is 133 Å². The minimum atomic E-state index is 0.791. The molecule has 0 unspecified atom stereocenters. The first kappa shape index (κ1) is 14.1. The molecular weight excluding hydrogens is 300 g/mol. The van der Waals surface area contributed by atoms with Crippen LogP contribution in [-0.2, 0) is 5.75 Å². The molecule has 0 bridgehead atoms. The molecule has 0 atom stereocenters. The second-order valence-corrected chi connectivity index (χ2v) is 5.91. The van der Waals surface area contributed by atoms with Crippen LogP contribution in [0.3, 0.4) is 0 Å². The van der Waals surface area contributed by atoms with Gasteiger partial charge in [-0.3, -0.25) is 0 Å². The van der Waals surface area contributed by atoms with Crippen LogP contribution in [0.5, 0.6) is 0 Å². The van der Waals surface area contributed by atoms with Crippen LogP contribution in [-0.4, -0.2) is 10.2 Å². The van der Waals surface area contributed by atoms with E-state index in [-0.39, 0.29) is 0 Å². The van der Waals surface area contributed by atoms with Gasteiger partial charge in [0.1, 0.15) is 5.03 Å². The quantitative estimate of drug-likeness (QED) is 0.628. The highest BCUT2D eigenvalue weighted by Crippen LogP contribution is 2.26. The lowest BCUT2D eigenvalue weighted by Crippen LogP contribution is -1.90. The minimum absolute atomic E-state index is 0.791. The van der Waals surface area contributed by atoms with E-state index in [2.05, 4.69) is 10.2 Å². The fourth-order valence-corrected chi connectivity index (χ4v) is 3.03. The average Bonchev–Trinajstić information content (AvgIpc) is 2.55. The van der Waals surface area contributed by atoms with Gasteiger partial charge in [-0.15, -0.1) is 10.2 Å². The summed E-state index contributed by atoms with van der Waals surface area (Å²) in [6.45, 7) is 0. The summed E-state index contributed by atoms with van der Waals surface area (Å²) >= 11 is 7.78. The van der Waals surface area contributed by atoms with E-state index in [1.165, 1.54) is 0 Å². The van der Waals surface area contributed by atoms with Gasteiger partial charge in [0.25, 0.3) is 0 Å². The van der Waals surface area contributed by atoms with Crippen LogP contribution < -0.4 is 0 Å². The molecule has 0 aliphatic heterocycles. The molecule has 2 nitrogen and oxygen atoms in total. The molecule has 1 aromatic heterocycles. The van der Waals surface area contributed by atoms with Gasteiger partial charge in [0, 0.05) is 16.3 Å². The summed E-state index contributed by atoms with van der Waals surface area (Å²) < 4.78 is 0. The first-order valence-corrected chi connectivity index (χ1v) is 7.94. The van der Waals surface area contributed by atoms with Crippen LogP contribution in [0.1, 0.15) is 5.56 Å². The van der Waals surface area contributed by atoms with Gasteiger partial charge in [0.15, 0.2) is 0 Å². The largest absolute Gasteiger partial charge is 0.149 e. The van der Waals surface area contributed by atoms with Gasteiger partial charge < -0.3 is 0 Å². The Kier molecular flexibility index (Phi) is 4.53. The van der Waals surface area contributed by atoms with E-state index in [1.54, 1.807) is 11.8 Å². The van der Waals surface area contributed by atoms with Crippen LogP contribution in [0.2, 0.25) is 5.02 Å². The molecule has 0 aliphatic carbocycles. The van der Waals surface area contributed by atoms with Crippen LogP contribution in [0.4, 0.5) is 0 Å². The van der Waals surface area contributed by atoms with Gasteiger partial charge in [-0.1, -0.05) is 71.9 Å². The maximum atomic E-state index is 6.15. The molecule has 0 amide bonds. The molecule has 21 heavy (non-hydrogen) atoms. The number of hydrogen-bond acceptors (Lipinski definition) is 3. The number of hydrogen-bond donors (Lipinski definition) is 0. The molecule has 3 aromatic rings. The maximum Gasteiger partial charge on any atom is 0.119 e. The SMILES string of the molecule is Clc1ccccc1CSc1ccc(-c2ccccc2)nn1. The Morgan fingerprint density at radius 3 is 2.29 bits per heavy atom. The Hall–Kier alpha value is -1.84. The molecule has 0 fully saturated rings. The zero-order chi connectivity index (χ0) is 14.5. The first-order chi connectivity index (χ1) is 10.3. The molecule has 0 saturated heterocycles. The van der Waals surface area contributed by atoms with Crippen LogP contribution in [0.25, 0.3) is 11.3 Å². The van der Waals surface area contributed by atoms with Crippen molar-refractivity contribution in [1.29, 1.82) is 0 Å². The van der Waals surface area contributed by atoms with Crippen molar-refractivity contribution in [3.05, 3.63) is 77.3 Å². The number of aromatic nitrogens is 2. The average molecular weight is 313 g/mol. The molecule has 0 N–H and O–H groups in total. The highest BCUT2D eigenvalue weighted by molar-refractivity contribution is 7.98. The monoisotopic (exact) mass is 312 g/mol. The molecule has 0 spiro atoms. The number of nitrogens with zero attached hydrogens (tertiary/aromatic N) is 2. The summed E-state index contributed by atoms with van der Waals surface area (Å²) in [5.74, 6) is 0.791. The van der Waals surface area contributed by atoms with Crippen molar-refractivity contribution in [1.82, 2.24) is 10.2 Å². The molecule has 4 heteroatoms. The predicted octanol–water partition coefficient (Wildman–Crippen LogP) is 5.09. The third-order valence-electron chi connectivity index (χ3n) is 3.04. The van der Waals surface area contributed by atoms with Crippen molar-refractivity contribution in [2.45, 2.75) is 10.8 Å². The molecule has 2 aromatic carbocycles. The summed E-state index contributed by atoms with van der Waals surface area (Å²) in [7, 11) is 0. The Balaban J connectivity index is 1.69. The maximum absolute atomic E-state index is 6.15. The van der Waals surface area contributed by atoms with Gasteiger partial charge in [0.2, 0.25) is 0 Å². The van der Waals surface area contributed by atoms with Gasteiger partial charge in [-0.25, -0.2) is 0 Å². The molecular formula is C17H13ClN2S. The number of halogens is 1. The predicted molar refractivity (Wildman–Crippen MR) is 88.5 cm³/mol. The van der Waals surface area contributed by atoms with E-state index in [0.29, 0.717) is 0 Å². The van der Waals surface area contributed by atoms with E-state index in [4.69, 9.17) is 11.6 Å². The number of rotatable bonds is 4. The third kappa shape index (κ3) is 3.63. The topological polar surface area (TPSA) is 25.8 Å². The van der Waals surface area contributed by atoms with Crippen molar-refractivity contribution >= 4 is 23.4 Å². The standard InChI is InChI=1S/C17H13ClN2S/c18-15-9-5-4-8-14(15)12-21-17-11-10-16(19-20-17)13-6-2-1-3-7-13/h1-11H,12H2. The fraction of sp³-hybridized carbons (Fsp3) is 0.0588.